The maximum Gasteiger partial charge on any atom is 0.258 e. The van der Waals surface area contributed by atoms with E-state index in [1.54, 1.807) is 24.3 Å². The maximum atomic E-state index is 11.4. The van der Waals surface area contributed by atoms with Crippen molar-refractivity contribution in [3.8, 4) is 5.75 Å². The second-order valence-electron chi connectivity index (χ2n) is 3.41. The van der Waals surface area contributed by atoms with E-state index in [4.69, 9.17) is 26.2 Å². The molecule has 0 fully saturated rings. The summed E-state index contributed by atoms with van der Waals surface area (Å²) < 4.78 is 10.2. The van der Waals surface area contributed by atoms with E-state index in [0.717, 1.165) is 0 Å². The van der Waals surface area contributed by atoms with Gasteiger partial charge >= 0.3 is 0 Å². The Labute approximate surface area is 111 Å². The van der Waals surface area contributed by atoms with E-state index < -0.39 is 0 Å². The van der Waals surface area contributed by atoms with E-state index in [9.17, 15) is 4.79 Å². The van der Waals surface area contributed by atoms with Crippen LogP contribution in [-0.2, 0) is 9.53 Å². The van der Waals surface area contributed by atoms with E-state index in [1.807, 2.05) is 0 Å². The van der Waals surface area contributed by atoms with E-state index in [-0.39, 0.29) is 25.7 Å². The largest absolute Gasteiger partial charge is 0.482 e. The molecule has 1 aromatic rings. The molecular weight excluding hydrogens is 258 g/mol. The van der Waals surface area contributed by atoms with Crippen molar-refractivity contribution in [3.05, 3.63) is 29.3 Å². The third-order valence-electron chi connectivity index (χ3n) is 2.00. The first-order valence-electron chi connectivity index (χ1n) is 5.56. The molecule has 0 saturated heterocycles. The first-order valence-corrected chi connectivity index (χ1v) is 5.94. The molecule has 0 bridgehead atoms. The van der Waals surface area contributed by atoms with Crippen molar-refractivity contribution in [1.29, 1.82) is 0 Å². The first-order chi connectivity index (χ1) is 8.74. The highest BCUT2D eigenvalue weighted by atomic mass is 35.5. The van der Waals surface area contributed by atoms with E-state index >= 15 is 0 Å². The number of halogens is 1. The lowest BCUT2D eigenvalue weighted by Crippen LogP contribution is -2.31. The van der Waals surface area contributed by atoms with Gasteiger partial charge in [0.25, 0.3) is 5.91 Å². The summed E-state index contributed by atoms with van der Waals surface area (Å²) in [5.74, 6) is 0.230. The predicted octanol–water partition coefficient (Wildman–Crippen LogP) is 0.844. The summed E-state index contributed by atoms with van der Waals surface area (Å²) in [7, 11) is 0. The van der Waals surface area contributed by atoms with E-state index in [0.29, 0.717) is 23.9 Å². The fourth-order valence-electron chi connectivity index (χ4n) is 1.19. The van der Waals surface area contributed by atoms with Crippen LogP contribution >= 0.6 is 11.6 Å². The van der Waals surface area contributed by atoms with Crippen LogP contribution in [0.25, 0.3) is 0 Å². The second-order valence-corrected chi connectivity index (χ2v) is 3.81. The number of nitrogens with one attached hydrogen (secondary N) is 1. The normalized spacial score (nSPS) is 10.1. The lowest BCUT2D eigenvalue weighted by atomic mass is 10.3. The molecule has 1 amide bonds. The van der Waals surface area contributed by atoms with Gasteiger partial charge in [-0.25, -0.2) is 0 Å². The number of para-hydroxylation sites is 1. The Morgan fingerprint density at radius 3 is 2.83 bits per heavy atom. The highest BCUT2D eigenvalue weighted by Gasteiger charge is 2.04. The number of carbonyl (C=O) groups is 1. The predicted molar refractivity (Wildman–Crippen MR) is 67.9 cm³/mol. The van der Waals surface area contributed by atoms with Crippen molar-refractivity contribution in [2.45, 2.75) is 0 Å². The van der Waals surface area contributed by atoms with Crippen molar-refractivity contribution in [3.63, 3.8) is 0 Å². The van der Waals surface area contributed by atoms with Gasteiger partial charge in [-0.2, -0.15) is 0 Å². The third kappa shape index (κ3) is 5.86. The summed E-state index contributed by atoms with van der Waals surface area (Å²) in [6.45, 7) is 0.891. The molecule has 0 saturated carbocycles. The van der Waals surface area contributed by atoms with Crippen molar-refractivity contribution in [2.24, 2.45) is 0 Å². The molecule has 0 aliphatic carbocycles. The number of aliphatic hydroxyl groups is 1. The standard InChI is InChI=1S/C12H16ClNO4/c13-10-3-1-2-4-11(10)18-9-12(16)14-5-7-17-8-6-15/h1-4,15H,5-9H2,(H,14,16). The molecule has 0 atom stereocenters. The molecule has 0 spiro atoms. The number of hydrogen-bond acceptors (Lipinski definition) is 4. The molecule has 0 heterocycles. The quantitative estimate of drug-likeness (QED) is 0.689. The van der Waals surface area contributed by atoms with Crippen LogP contribution in [-0.4, -0.2) is 44.0 Å². The minimum Gasteiger partial charge on any atom is -0.482 e. The monoisotopic (exact) mass is 273 g/mol. The second kappa shape index (κ2) is 8.74. The lowest BCUT2D eigenvalue weighted by molar-refractivity contribution is -0.123. The van der Waals surface area contributed by atoms with Crippen LogP contribution in [0, 0.1) is 0 Å². The Balaban J connectivity index is 2.15. The summed E-state index contributed by atoms with van der Waals surface area (Å²) >= 11 is 5.87. The van der Waals surface area contributed by atoms with Gasteiger partial charge in [0.2, 0.25) is 0 Å². The zero-order valence-electron chi connectivity index (χ0n) is 9.89. The number of carbonyl (C=O) groups excluding carboxylic acids is 1. The summed E-state index contributed by atoms with van der Waals surface area (Å²) in [6.07, 6.45) is 0. The zero-order valence-corrected chi connectivity index (χ0v) is 10.7. The smallest absolute Gasteiger partial charge is 0.258 e. The minimum atomic E-state index is -0.248. The van der Waals surface area contributed by atoms with Crippen LogP contribution in [0.1, 0.15) is 0 Å². The highest BCUT2D eigenvalue weighted by Crippen LogP contribution is 2.22. The summed E-state index contributed by atoms with van der Waals surface area (Å²) in [5.41, 5.74) is 0. The Kier molecular flexibility index (Phi) is 7.17. The first kappa shape index (κ1) is 14.8. The van der Waals surface area contributed by atoms with Crippen LogP contribution < -0.4 is 10.1 Å². The number of rotatable bonds is 8. The lowest BCUT2D eigenvalue weighted by Gasteiger charge is -2.08. The maximum absolute atomic E-state index is 11.4. The van der Waals surface area contributed by atoms with Crippen molar-refractivity contribution in [2.75, 3.05) is 33.0 Å². The Bertz CT molecular complexity index is 373. The van der Waals surface area contributed by atoms with Gasteiger partial charge in [0, 0.05) is 6.54 Å². The summed E-state index contributed by atoms with van der Waals surface area (Å²) in [6, 6.07) is 6.95. The van der Waals surface area contributed by atoms with Crippen LogP contribution in [0.4, 0.5) is 0 Å². The zero-order chi connectivity index (χ0) is 13.2. The van der Waals surface area contributed by atoms with Crippen LogP contribution in [0.2, 0.25) is 5.02 Å². The Morgan fingerprint density at radius 1 is 1.33 bits per heavy atom. The van der Waals surface area contributed by atoms with Gasteiger partial charge in [-0.05, 0) is 12.1 Å². The Morgan fingerprint density at radius 2 is 2.11 bits per heavy atom. The van der Waals surface area contributed by atoms with Gasteiger partial charge in [0.15, 0.2) is 6.61 Å². The molecule has 5 nitrogen and oxygen atoms in total. The molecule has 0 unspecified atom stereocenters. The molecule has 0 aromatic heterocycles. The number of aliphatic hydroxyl groups excluding tert-OH is 1. The number of amides is 1. The van der Waals surface area contributed by atoms with Crippen molar-refractivity contribution in [1.82, 2.24) is 5.32 Å². The SMILES string of the molecule is O=C(COc1ccccc1Cl)NCCOCCO. The van der Waals surface area contributed by atoms with Crippen LogP contribution in [0.15, 0.2) is 24.3 Å². The summed E-state index contributed by atoms with van der Waals surface area (Å²) in [4.78, 5) is 11.4. The van der Waals surface area contributed by atoms with Crippen LogP contribution in [0.3, 0.4) is 0 Å². The fourth-order valence-corrected chi connectivity index (χ4v) is 1.38. The molecule has 1 aromatic carbocycles. The van der Waals surface area contributed by atoms with Gasteiger partial charge < -0.3 is 19.9 Å². The van der Waals surface area contributed by atoms with E-state index in [1.165, 1.54) is 0 Å². The molecule has 0 aliphatic rings. The average molecular weight is 274 g/mol. The number of hydrogen-bond donors (Lipinski definition) is 2. The molecule has 6 heteroatoms. The fraction of sp³-hybridized carbons (Fsp3) is 0.417. The van der Waals surface area contributed by atoms with Crippen molar-refractivity contribution < 1.29 is 19.4 Å². The molecule has 0 radical (unpaired) electrons. The van der Waals surface area contributed by atoms with Gasteiger partial charge in [-0.15, -0.1) is 0 Å². The molecule has 18 heavy (non-hydrogen) atoms. The number of benzene rings is 1. The molecule has 0 aliphatic heterocycles. The van der Waals surface area contributed by atoms with Gasteiger partial charge in [0.1, 0.15) is 5.75 Å². The molecule has 2 N–H and O–H groups in total. The minimum absolute atomic E-state index is 0.0242. The number of ether oxygens (including phenoxy) is 2. The van der Waals surface area contributed by atoms with Gasteiger partial charge in [0.05, 0.1) is 24.8 Å². The van der Waals surface area contributed by atoms with E-state index in [2.05, 4.69) is 5.32 Å². The van der Waals surface area contributed by atoms with Crippen molar-refractivity contribution >= 4 is 17.5 Å². The highest BCUT2D eigenvalue weighted by molar-refractivity contribution is 6.32. The average Bonchev–Trinajstić information content (AvgIpc) is 2.37. The Hall–Kier alpha value is -1.30. The topological polar surface area (TPSA) is 67.8 Å². The molecule has 1 rings (SSSR count). The molecule has 100 valence electrons. The molecular formula is C12H16ClNO4. The van der Waals surface area contributed by atoms with Gasteiger partial charge in [-0.3, -0.25) is 4.79 Å². The third-order valence-corrected chi connectivity index (χ3v) is 2.31. The van der Waals surface area contributed by atoms with Gasteiger partial charge in [-0.1, -0.05) is 23.7 Å². The van der Waals surface area contributed by atoms with Crippen LogP contribution in [0.5, 0.6) is 5.75 Å². The summed E-state index contributed by atoms with van der Waals surface area (Å²) in [5, 5.41) is 11.6.